The lowest BCUT2D eigenvalue weighted by Gasteiger charge is -2.08. The lowest BCUT2D eigenvalue weighted by Crippen LogP contribution is -2.16. The van der Waals surface area contributed by atoms with Crippen molar-refractivity contribution in [3.8, 4) is 0 Å². The second kappa shape index (κ2) is 4.32. The minimum absolute atomic E-state index is 0.519. The number of halogens is 3. The van der Waals surface area contributed by atoms with Crippen LogP contribution in [0.1, 0.15) is 5.56 Å². The average Bonchev–Trinajstić information content (AvgIpc) is 2.14. The van der Waals surface area contributed by atoms with E-state index in [1.165, 1.54) is 12.1 Å². The van der Waals surface area contributed by atoms with Crippen molar-refractivity contribution in [2.45, 2.75) is 6.18 Å². The maximum absolute atomic E-state index is 12.1. The van der Waals surface area contributed by atoms with E-state index in [1.807, 2.05) is 0 Å². The zero-order valence-electron chi connectivity index (χ0n) is 7.65. The molecule has 0 fully saturated rings. The quantitative estimate of drug-likeness (QED) is 0.738. The van der Waals surface area contributed by atoms with E-state index in [2.05, 4.69) is 10.6 Å². The molecule has 1 aromatic rings. The largest absolute Gasteiger partial charge is 0.416 e. The average molecular weight is 204 g/mol. The van der Waals surface area contributed by atoms with E-state index in [-0.39, 0.29) is 0 Å². The van der Waals surface area contributed by atoms with Crippen LogP contribution in [-0.4, -0.2) is 13.7 Å². The fraction of sp³-hybridized carbons (Fsp3) is 0.333. The topological polar surface area (TPSA) is 24.1 Å². The van der Waals surface area contributed by atoms with Crippen molar-refractivity contribution < 1.29 is 13.2 Å². The monoisotopic (exact) mass is 204 g/mol. The molecule has 2 N–H and O–H groups in total. The molecular formula is C9H11F3N2. The van der Waals surface area contributed by atoms with Gasteiger partial charge in [0, 0.05) is 5.69 Å². The summed E-state index contributed by atoms with van der Waals surface area (Å²) in [6.07, 6.45) is -4.26. The molecule has 2 nitrogen and oxygen atoms in total. The SMILES string of the molecule is CNCNc1ccc(C(F)(F)F)cc1. The highest BCUT2D eigenvalue weighted by atomic mass is 19.4. The third-order valence-corrected chi connectivity index (χ3v) is 1.68. The maximum atomic E-state index is 12.1. The van der Waals surface area contributed by atoms with Gasteiger partial charge in [0.05, 0.1) is 12.2 Å². The number of benzene rings is 1. The third kappa shape index (κ3) is 2.92. The molecule has 14 heavy (non-hydrogen) atoms. The number of alkyl halides is 3. The van der Waals surface area contributed by atoms with Crippen molar-refractivity contribution in [1.82, 2.24) is 5.32 Å². The lowest BCUT2D eigenvalue weighted by atomic mass is 10.2. The van der Waals surface area contributed by atoms with Crippen molar-refractivity contribution in [2.75, 3.05) is 19.0 Å². The van der Waals surface area contributed by atoms with Gasteiger partial charge in [-0.1, -0.05) is 0 Å². The van der Waals surface area contributed by atoms with Gasteiger partial charge in [0.15, 0.2) is 0 Å². The van der Waals surface area contributed by atoms with Gasteiger partial charge in [0.1, 0.15) is 0 Å². The molecule has 0 spiro atoms. The first-order valence-corrected chi connectivity index (χ1v) is 4.10. The van der Waals surface area contributed by atoms with Gasteiger partial charge < -0.3 is 10.6 Å². The van der Waals surface area contributed by atoms with E-state index < -0.39 is 11.7 Å². The highest BCUT2D eigenvalue weighted by Gasteiger charge is 2.29. The van der Waals surface area contributed by atoms with E-state index in [0.29, 0.717) is 12.4 Å². The Bertz CT molecular complexity index is 279. The van der Waals surface area contributed by atoms with Crippen LogP contribution < -0.4 is 10.6 Å². The first-order valence-electron chi connectivity index (χ1n) is 4.10. The van der Waals surface area contributed by atoms with Crippen LogP contribution in [-0.2, 0) is 6.18 Å². The van der Waals surface area contributed by atoms with E-state index in [1.54, 1.807) is 7.05 Å². The van der Waals surface area contributed by atoms with Crippen LogP contribution in [0.4, 0.5) is 18.9 Å². The molecule has 5 heteroatoms. The summed E-state index contributed by atoms with van der Waals surface area (Å²) in [5.74, 6) is 0. The Labute approximate surface area is 80.1 Å². The van der Waals surface area contributed by atoms with Crippen LogP contribution in [0.2, 0.25) is 0 Å². The van der Waals surface area contributed by atoms with Crippen molar-refractivity contribution in [2.24, 2.45) is 0 Å². The maximum Gasteiger partial charge on any atom is 0.416 e. The Morgan fingerprint density at radius 3 is 2.14 bits per heavy atom. The van der Waals surface area contributed by atoms with Gasteiger partial charge in [-0.3, -0.25) is 0 Å². The molecule has 0 radical (unpaired) electrons. The van der Waals surface area contributed by atoms with Crippen molar-refractivity contribution in [3.05, 3.63) is 29.8 Å². The molecule has 0 aliphatic heterocycles. The van der Waals surface area contributed by atoms with Crippen LogP contribution in [0.3, 0.4) is 0 Å². The highest BCUT2D eigenvalue weighted by Crippen LogP contribution is 2.29. The standard InChI is InChI=1S/C9H11F3N2/c1-13-6-14-8-4-2-7(3-5-8)9(10,11)12/h2-5,13-14H,6H2,1H3. The molecule has 0 heterocycles. The Morgan fingerprint density at radius 2 is 1.71 bits per heavy atom. The van der Waals surface area contributed by atoms with E-state index >= 15 is 0 Å². The van der Waals surface area contributed by atoms with Gasteiger partial charge in [-0.25, -0.2) is 0 Å². The van der Waals surface area contributed by atoms with Crippen molar-refractivity contribution in [1.29, 1.82) is 0 Å². The first kappa shape index (κ1) is 10.8. The summed E-state index contributed by atoms with van der Waals surface area (Å²) >= 11 is 0. The number of hydrogen-bond acceptors (Lipinski definition) is 2. The summed E-state index contributed by atoms with van der Waals surface area (Å²) in [5.41, 5.74) is 0.0276. The second-order valence-electron chi connectivity index (χ2n) is 2.78. The van der Waals surface area contributed by atoms with Crippen molar-refractivity contribution >= 4 is 5.69 Å². The summed E-state index contributed by atoms with van der Waals surface area (Å²) < 4.78 is 36.4. The molecule has 0 atom stereocenters. The van der Waals surface area contributed by atoms with Gasteiger partial charge in [0.2, 0.25) is 0 Å². The highest BCUT2D eigenvalue weighted by molar-refractivity contribution is 5.44. The Kier molecular flexibility index (Phi) is 3.35. The van der Waals surface area contributed by atoms with Gasteiger partial charge >= 0.3 is 6.18 Å². The molecule has 0 amide bonds. The minimum atomic E-state index is -4.26. The van der Waals surface area contributed by atoms with Crippen molar-refractivity contribution in [3.63, 3.8) is 0 Å². The fourth-order valence-electron chi connectivity index (χ4n) is 0.968. The van der Waals surface area contributed by atoms with Gasteiger partial charge in [-0.05, 0) is 31.3 Å². The minimum Gasteiger partial charge on any atom is -0.372 e. The number of anilines is 1. The Morgan fingerprint density at radius 1 is 1.14 bits per heavy atom. The smallest absolute Gasteiger partial charge is 0.372 e. The molecule has 0 bridgehead atoms. The molecule has 1 aromatic carbocycles. The molecule has 0 saturated carbocycles. The molecule has 0 aromatic heterocycles. The van der Waals surface area contributed by atoms with E-state index in [0.717, 1.165) is 12.1 Å². The van der Waals surface area contributed by atoms with Crippen LogP contribution >= 0.6 is 0 Å². The lowest BCUT2D eigenvalue weighted by molar-refractivity contribution is -0.137. The third-order valence-electron chi connectivity index (χ3n) is 1.68. The Balaban J connectivity index is 2.69. The van der Waals surface area contributed by atoms with Crippen LogP contribution in [0, 0.1) is 0 Å². The van der Waals surface area contributed by atoms with Gasteiger partial charge in [-0.2, -0.15) is 13.2 Å². The molecule has 0 aliphatic rings. The molecule has 0 aliphatic carbocycles. The zero-order valence-corrected chi connectivity index (χ0v) is 7.65. The first-order chi connectivity index (χ1) is 6.54. The number of rotatable bonds is 3. The molecule has 0 saturated heterocycles. The van der Waals surface area contributed by atoms with Crippen LogP contribution in [0.15, 0.2) is 24.3 Å². The number of hydrogen-bond donors (Lipinski definition) is 2. The summed E-state index contributed by atoms with van der Waals surface area (Å²) in [6, 6.07) is 4.91. The predicted octanol–water partition coefficient (Wildman–Crippen LogP) is 2.29. The predicted molar refractivity (Wildman–Crippen MR) is 49.0 cm³/mol. The molecule has 0 unspecified atom stereocenters. The van der Waals surface area contributed by atoms with Gasteiger partial charge in [-0.15, -0.1) is 0 Å². The Hall–Kier alpha value is -1.23. The fourth-order valence-corrected chi connectivity index (χ4v) is 0.968. The zero-order chi connectivity index (χ0) is 10.6. The van der Waals surface area contributed by atoms with E-state index in [9.17, 15) is 13.2 Å². The summed E-state index contributed by atoms with van der Waals surface area (Å²) in [7, 11) is 1.75. The van der Waals surface area contributed by atoms with Crippen LogP contribution in [0.5, 0.6) is 0 Å². The van der Waals surface area contributed by atoms with Crippen LogP contribution in [0.25, 0.3) is 0 Å². The molecule has 1 rings (SSSR count). The second-order valence-corrected chi connectivity index (χ2v) is 2.78. The summed E-state index contributed by atoms with van der Waals surface area (Å²) in [4.78, 5) is 0. The summed E-state index contributed by atoms with van der Waals surface area (Å²) in [5, 5.41) is 5.72. The molecule has 78 valence electrons. The number of nitrogens with one attached hydrogen (secondary N) is 2. The summed E-state index contributed by atoms with van der Waals surface area (Å²) in [6.45, 7) is 0.519. The van der Waals surface area contributed by atoms with Gasteiger partial charge in [0.25, 0.3) is 0 Å². The molecular weight excluding hydrogens is 193 g/mol. The normalized spacial score (nSPS) is 11.4. The van der Waals surface area contributed by atoms with E-state index in [4.69, 9.17) is 0 Å².